The monoisotopic (exact) mass is 178 g/mol. The maximum absolute atomic E-state index is 3.74. The minimum Gasteiger partial charge on any atom is -0.152 e. The van der Waals surface area contributed by atoms with E-state index in [0.717, 1.165) is 0 Å². The van der Waals surface area contributed by atoms with Gasteiger partial charge in [0.25, 0.3) is 0 Å². The van der Waals surface area contributed by atoms with Crippen LogP contribution in [-0.2, 0) is 0 Å². The fraction of sp³-hybridized carbons (Fsp3) is 0.0909. The first-order valence-corrected chi connectivity index (χ1v) is 4.29. The van der Waals surface area contributed by atoms with Crippen LogP contribution >= 0.6 is 12.6 Å². The third kappa shape index (κ3) is 5.81. The van der Waals surface area contributed by atoms with E-state index in [1.807, 2.05) is 49.4 Å². The van der Waals surface area contributed by atoms with E-state index in [2.05, 4.69) is 19.2 Å². The molecule has 0 N–H and O–H groups in total. The molecule has 64 valence electrons. The molecule has 0 spiro atoms. The summed E-state index contributed by atoms with van der Waals surface area (Å²) in [5.41, 5.74) is 1.17. The smallest absolute Gasteiger partial charge is 0.0263 e. The van der Waals surface area contributed by atoms with E-state index in [1.165, 1.54) is 5.56 Å². The third-order valence-electron chi connectivity index (χ3n) is 1.18. The van der Waals surface area contributed by atoms with Gasteiger partial charge < -0.3 is 0 Å². The van der Waals surface area contributed by atoms with Crippen molar-refractivity contribution < 1.29 is 0 Å². The Hall–Kier alpha value is -0.950. The Morgan fingerprint density at radius 1 is 1.25 bits per heavy atom. The van der Waals surface area contributed by atoms with Gasteiger partial charge in [-0.25, -0.2) is 0 Å². The van der Waals surface area contributed by atoms with Gasteiger partial charge >= 0.3 is 0 Å². The van der Waals surface area contributed by atoms with Gasteiger partial charge in [0.15, 0.2) is 0 Å². The van der Waals surface area contributed by atoms with Crippen LogP contribution in [0.5, 0.6) is 0 Å². The fourth-order valence-electron chi connectivity index (χ4n) is 0.589. The van der Waals surface area contributed by atoms with Crippen LogP contribution in [0.25, 0.3) is 6.08 Å². The molecule has 0 fully saturated rings. The van der Waals surface area contributed by atoms with Crippen LogP contribution in [-0.4, -0.2) is 0 Å². The highest BCUT2D eigenvalue weighted by molar-refractivity contribution is 7.83. The summed E-state index contributed by atoms with van der Waals surface area (Å²) in [4.78, 5) is 0. The van der Waals surface area contributed by atoms with Crippen molar-refractivity contribution in [3.63, 3.8) is 0 Å². The predicted molar refractivity (Wildman–Crippen MR) is 60.3 cm³/mol. The third-order valence-corrected chi connectivity index (χ3v) is 1.48. The maximum Gasteiger partial charge on any atom is -0.0263 e. The standard InChI is InChI=1S/C8H8.C3H6S/c1-2-8-6-4-3-5-7-8;1-2-3-4/h2-7H,1H2;2-4H,1H3. The Morgan fingerprint density at radius 3 is 2.00 bits per heavy atom. The fourth-order valence-corrected chi connectivity index (χ4v) is 0.589. The highest BCUT2D eigenvalue weighted by Gasteiger charge is 1.75. The topological polar surface area (TPSA) is 0 Å². The zero-order chi connectivity index (χ0) is 9.23. The summed E-state index contributed by atoms with van der Waals surface area (Å²) in [6, 6.07) is 10.0. The minimum atomic E-state index is 1.17. The first-order chi connectivity index (χ1) is 5.85. The molecule has 0 atom stereocenters. The second-order valence-corrected chi connectivity index (χ2v) is 2.40. The Labute approximate surface area is 80.0 Å². The predicted octanol–water partition coefficient (Wildman–Crippen LogP) is 3.78. The molecule has 0 radical (unpaired) electrons. The van der Waals surface area contributed by atoms with E-state index in [0.29, 0.717) is 0 Å². The molecule has 0 aliphatic carbocycles. The lowest BCUT2D eigenvalue weighted by atomic mass is 10.2. The van der Waals surface area contributed by atoms with E-state index in [-0.39, 0.29) is 0 Å². The molecule has 0 nitrogen and oxygen atoms in total. The van der Waals surface area contributed by atoms with E-state index >= 15 is 0 Å². The Bertz CT molecular complexity index is 220. The zero-order valence-electron chi connectivity index (χ0n) is 7.27. The van der Waals surface area contributed by atoms with Crippen molar-refractivity contribution in [2.45, 2.75) is 6.92 Å². The molecule has 0 aliphatic rings. The lowest BCUT2D eigenvalue weighted by Crippen LogP contribution is -1.63. The molecule has 0 bridgehead atoms. The lowest BCUT2D eigenvalue weighted by molar-refractivity contribution is 1.67. The highest BCUT2D eigenvalue weighted by Crippen LogP contribution is 1.97. The summed E-state index contributed by atoms with van der Waals surface area (Å²) in [7, 11) is 0. The van der Waals surface area contributed by atoms with Crippen molar-refractivity contribution in [3.8, 4) is 0 Å². The van der Waals surface area contributed by atoms with Gasteiger partial charge in [-0.1, -0.05) is 49.1 Å². The summed E-state index contributed by atoms with van der Waals surface area (Å²) >= 11 is 3.74. The molecule has 1 aromatic carbocycles. The number of allylic oxidation sites excluding steroid dienone is 1. The van der Waals surface area contributed by atoms with Crippen LogP contribution in [0.15, 0.2) is 48.4 Å². The average Bonchev–Trinajstić information content (AvgIpc) is 2.19. The second-order valence-electron chi connectivity index (χ2n) is 2.10. The van der Waals surface area contributed by atoms with Crippen molar-refractivity contribution in [2.75, 3.05) is 0 Å². The first kappa shape index (κ1) is 11.1. The van der Waals surface area contributed by atoms with Gasteiger partial charge in [-0.15, -0.1) is 0 Å². The highest BCUT2D eigenvalue weighted by atomic mass is 32.1. The molecular weight excluding hydrogens is 164 g/mol. The van der Waals surface area contributed by atoms with Gasteiger partial charge in [0, 0.05) is 0 Å². The normalized spacial score (nSPS) is 8.83. The van der Waals surface area contributed by atoms with Crippen LogP contribution in [0, 0.1) is 0 Å². The summed E-state index contributed by atoms with van der Waals surface area (Å²) in [6.07, 6.45) is 3.70. The molecule has 12 heavy (non-hydrogen) atoms. The van der Waals surface area contributed by atoms with Gasteiger partial charge in [0.05, 0.1) is 0 Å². The molecule has 0 aliphatic heterocycles. The van der Waals surface area contributed by atoms with E-state index in [9.17, 15) is 0 Å². The first-order valence-electron chi connectivity index (χ1n) is 3.78. The van der Waals surface area contributed by atoms with Crippen molar-refractivity contribution in [1.29, 1.82) is 0 Å². The van der Waals surface area contributed by atoms with E-state index in [1.54, 1.807) is 5.41 Å². The van der Waals surface area contributed by atoms with Gasteiger partial charge in [-0.2, -0.15) is 12.6 Å². The summed E-state index contributed by atoms with van der Waals surface area (Å²) in [5.74, 6) is 0. The van der Waals surface area contributed by atoms with Gasteiger partial charge in [-0.3, -0.25) is 0 Å². The second kappa shape index (κ2) is 8.15. The average molecular weight is 178 g/mol. The van der Waals surface area contributed by atoms with Crippen LogP contribution in [0.4, 0.5) is 0 Å². The van der Waals surface area contributed by atoms with Gasteiger partial charge in [0.2, 0.25) is 0 Å². The molecule has 0 amide bonds. The van der Waals surface area contributed by atoms with Crippen LogP contribution in [0.1, 0.15) is 12.5 Å². The van der Waals surface area contributed by atoms with Gasteiger partial charge in [-0.05, 0) is 17.9 Å². The van der Waals surface area contributed by atoms with Crippen LogP contribution in [0.2, 0.25) is 0 Å². The van der Waals surface area contributed by atoms with E-state index < -0.39 is 0 Å². The van der Waals surface area contributed by atoms with Gasteiger partial charge in [0.1, 0.15) is 0 Å². The summed E-state index contributed by atoms with van der Waals surface area (Å²) in [6.45, 7) is 5.55. The molecule has 1 aromatic rings. The molecular formula is C11H14S. The van der Waals surface area contributed by atoms with Crippen molar-refractivity contribution in [3.05, 3.63) is 54.0 Å². The quantitative estimate of drug-likeness (QED) is 0.622. The van der Waals surface area contributed by atoms with Crippen molar-refractivity contribution in [1.82, 2.24) is 0 Å². The zero-order valence-corrected chi connectivity index (χ0v) is 8.17. The van der Waals surface area contributed by atoms with Crippen molar-refractivity contribution in [2.24, 2.45) is 0 Å². The number of thiol groups is 1. The molecule has 1 heteroatoms. The number of benzene rings is 1. The Kier molecular flexibility index (Phi) is 7.50. The van der Waals surface area contributed by atoms with Crippen molar-refractivity contribution >= 4 is 18.7 Å². The summed E-state index contributed by atoms with van der Waals surface area (Å²) in [5, 5.41) is 1.69. The van der Waals surface area contributed by atoms with Crippen LogP contribution < -0.4 is 0 Å². The molecule has 0 aromatic heterocycles. The molecule has 0 saturated carbocycles. The minimum absolute atomic E-state index is 1.17. The molecule has 1 rings (SSSR count). The number of rotatable bonds is 1. The van der Waals surface area contributed by atoms with Crippen LogP contribution in [0.3, 0.4) is 0 Å². The largest absolute Gasteiger partial charge is 0.152 e. The Morgan fingerprint density at radius 2 is 1.75 bits per heavy atom. The Balaban J connectivity index is 0.000000261. The summed E-state index contributed by atoms with van der Waals surface area (Å²) < 4.78 is 0. The maximum atomic E-state index is 3.74. The SMILES string of the molecule is C=Cc1ccccc1.CC=CS. The number of hydrogen-bond donors (Lipinski definition) is 1. The number of hydrogen-bond acceptors (Lipinski definition) is 1. The molecule has 0 saturated heterocycles. The molecule has 0 unspecified atom stereocenters. The molecule has 0 heterocycles. The van der Waals surface area contributed by atoms with E-state index in [4.69, 9.17) is 0 Å². The lowest BCUT2D eigenvalue weighted by Gasteiger charge is -1.85.